The zero-order valence-corrected chi connectivity index (χ0v) is 11.8. The first-order valence-corrected chi connectivity index (χ1v) is 6.80. The first-order valence-electron chi connectivity index (χ1n) is 6.00. The van der Waals surface area contributed by atoms with Gasteiger partial charge in [-0.25, -0.2) is 4.99 Å². The van der Waals surface area contributed by atoms with Crippen LogP contribution >= 0.6 is 15.9 Å². The molecule has 0 spiro atoms. The van der Waals surface area contributed by atoms with Gasteiger partial charge in [0.15, 0.2) is 5.54 Å². The lowest BCUT2D eigenvalue weighted by Crippen LogP contribution is -2.26. The molecule has 1 aliphatic rings. The van der Waals surface area contributed by atoms with Crippen molar-refractivity contribution in [3.8, 4) is 0 Å². The predicted molar refractivity (Wildman–Crippen MR) is 78.9 cm³/mol. The standard InChI is InChI=1S/C15H13BrN2O/c16-13-8-6-12(7-9-13)15(10-19-14(17)18-15)11-4-2-1-3-5-11/h1-9H,10H2,(H2,17,18). The third kappa shape index (κ3) is 2.12. The minimum Gasteiger partial charge on any atom is -0.462 e. The Morgan fingerprint density at radius 1 is 1.00 bits per heavy atom. The van der Waals surface area contributed by atoms with Gasteiger partial charge in [0.1, 0.15) is 6.61 Å². The first kappa shape index (κ1) is 12.2. The van der Waals surface area contributed by atoms with Crippen LogP contribution in [-0.4, -0.2) is 12.6 Å². The number of benzene rings is 2. The van der Waals surface area contributed by atoms with Crippen LogP contribution in [0.15, 0.2) is 64.1 Å². The summed E-state index contributed by atoms with van der Waals surface area (Å²) in [5, 5.41) is 0. The van der Waals surface area contributed by atoms with E-state index in [1.54, 1.807) is 0 Å². The van der Waals surface area contributed by atoms with Crippen LogP contribution in [0.3, 0.4) is 0 Å². The Labute approximate surface area is 120 Å². The van der Waals surface area contributed by atoms with Gasteiger partial charge in [-0.1, -0.05) is 58.4 Å². The van der Waals surface area contributed by atoms with E-state index in [-0.39, 0.29) is 6.02 Å². The third-order valence-corrected chi connectivity index (χ3v) is 3.83. The van der Waals surface area contributed by atoms with Crippen molar-refractivity contribution in [2.45, 2.75) is 5.54 Å². The molecule has 96 valence electrons. The summed E-state index contributed by atoms with van der Waals surface area (Å²) in [5.41, 5.74) is 7.35. The number of amidine groups is 1. The molecule has 1 aliphatic heterocycles. The number of hydrogen-bond donors (Lipinski definition) is 1. The van der Waals surface area contributed by atoms with Gasteiger partial charge in [0.25, 0.3) is 6.02 Å². The molecule has 1 atom stereocenters. The van der Waals surface area contributed by atoms with Gasteiger partial charge in [0.2, 0.25) is 0 Å². The van der Waals surface area contributed by atoms with E-state index in [4.69, 9.17) is 10.5 Å². The molecular weight excluding hydrogens is 304 g/mol. The summed E-state index contributed by atoms with van der Waals surface area (Å²) in [6, 6.07) is 18.4. The number of hydrogen-bond acceptors (Lipinski definition) is 3. The van der Waals surface area contributed by atoms with Crippen molar-refractivity contribution < 1.29 is 4.74 Å². The Morgan fingerprint density at radius 3 is 2.21 bits per heavy atom. The van der Waals surface area contributed by atoms with Gasteiger partial charge >= 0.3 is 0 Å². The SMILES string of the molecule is NC1=NC(c2ccccc2)(c2ccc(Br)cc2)CO1. The fourth-order valence-corrected chi connectivity index (χ4v) is 2.60. The van der Waals surface area contributed by atoms with E-state index < -0.39 is 5.54 Å². The van der Waals surface area contributed by atoms with Crippen molar-refractivity contribution in [3.05, 3.63) is 70.2 Å². The highest BCUT2D eigenvalue weighted by Gasteiger charge is 2.39. The molecule has 3 nitrogen and oxygen atoms in total. The minimum atomic E-state index is -0.536. The van der Waals surface area contributed by atoms with E-state index >= 15 is 0 Å². The smallest absolute Gasteiger partial charge is 0.283 e. The highest BCUT2D eigenvalue weighted by Crippen LogP contribution is 2.37. The van der Waals surface area contributed by atoms with E-state index in [0.717, 1.165) is 15.6 Å². The van der Waals surface area contributed by atoms with Crippen LogP contribution in [0.1, 0.15) is 11.1 Å². The number of aliphatic imine (C=N–C) groups is 1. The van der Waals surface area contributed by atoms with Crippen LogP contribution in [0.25, 0.3) is 0 Å². The molecule has 0 saturated carbocycles. The molecule has 0 aliphatic carbocycles. The Bertz CT molecular complexity index is 610. The monoisotopic (exact) mass is 316 g/mol. The molecule has 0 radical (unpaired) electrons. The lowest BCUT2D eigenvalue weighted by molar-refractivity contribution is 0.278. The Balaban J connectivity index is 2.16. The van der Waals surface area contributed by atoms with Gasteiger partial charge in [-0.3, -0.25) is 0 Å². The molecule has 19 heavy (non-hydrogen) atoms. The molecule has 2 N–H and O–H groups in total. The van der Waals surface area contributed by atoms with Crippen molar-refractivity contribution in [2.24, 2.45) is 10.7 Å². The summed E-state index contributed by atoms with van der Waals surface area (Å²) in [5.74, 6) is 0. The van der Waals surface area contributed by atoms with Crippen molar-refractivity contribution in [3.63, 3.8) is 0 Å². The number of halogens is 1. The lowest BCUT2D eigenvalue weighted by Gasteiger charge is -2.25. The fourth-order valence-electron chi connectivity index (χ4n) is 2.33. The van der Waals surface area contributed by atoms with Crippen LogP contribution in [0.5, 0.6) is 0 Å². The maximum Gasteiger partial charge on any atom is 0.283 e. The highest BCUT2D eigenvalue weighted by atomic mass is 79.9. The second-order valence-electron chi connectivity index (χ2n) is 4.47. The van der Waals surface area contributed by atoms with E-state index in [1.807, 2.05) is 54.6 Å². The van der Waals surface area contributed by atoms with Gasteiger partial charge in [-0.15, -0.1) is 0 Å². The highest BCUT2D eigenvalue weighted by molar-refractivity contribution is 9.10. The molecule has 2 aromatic rings. The van der Waals surface area contributed by atoms with E-state index in [2.05, 4.69) is 20.9 Å². The summed E-state index contributed by atoms with van der Waals surface area (Å²) >= 11 is 3.45. The van der Waals surface area contributed by atoms with Gasteiger partial charge in [0.05, 0.1) is 0 Å². The van der Waals surface area contributed by atoms with Gasteiger partial charge in [0, 0.05) is 4.47 Å². The average molecular weight is 317 g/mol. The molecule has 3 rings (SSSR count). The topological polar surface area (TPSA) is 47.6 Å². The summed E-state index contributed by atoms with van der Waals surface area (Å²) < 4.78 is 6.46. The fraction of sp³-hybridized carbons (Fsp3) is 0.133. The van der Waals surface area contributed by atoms with Crippen molar-refractivity contribution in [1.82, 2.24) is 0 Å². The molecule has 4 heteroatoms. The van der Waals surface area contributed by atoms with Crippen LogP contribution in [0.4, 0.5) is 0 Å². The summed E-state index contributed by atoms with van der Waals surface area (Å²) in [4.78, 5) is 4.55. The maximum absolute atomic E-state index is 5.73. The van der Waals surface area contributed by atoms with Crippen LogP contribution in [0, 0.1) is 0 Å². The average Bonchev–Trinajstić information content (AvgIpc) is 2.84. The predicted octanol–water partition coefficient (Wildman–Crippen LogP) is 3.04. The zero-order valence-electron chi connectivity index (χ0n) is 10.2. The van der Waals surface area contributed by atoms with E-state index in [0.29, 0.717) is 6.61 Å². The zero-order chi connectivity index (χ0) is 13.3. The number of rotatable bonds is 2. The van der Waals surface area contributed by atoms with E-state index in [9.17, 15) is 0 Å². The van der Waals surface area contributed by atoms with Gasteiger partial charge in [-0.2, -0.15) is 0 Å². The second kappa shape index (κ2) is 4.70. The summed E-state index contributed by atoms with van der Waals surface area (Å²) in [7, 11) is 0. The number of nitrogens with two attached hydrogens (primary N) is 1. The van der Waals surface area contributed by atoms with Crippen LogP contribution in [0.2, 0.25) is 0 Å². The van der Waals surface area contributed by atoms with Crippen molar-refractivity contribution in [1.29, 1.82) is 0 Å². The third-order valence-electron chi connectivity index (χ3n) is 3.30. The van der Waals surface area contributed by atoms with Crippen LogP contribution in [-0.2, 0) is 10.3 Å². The molecule has 1 unspecified atom stereocenters. The lowest BCUT2D eigenvalue weighted by atomic mass is 9.84. The molecule has 2 aromatic carbocycles. The Kier molecular flexibility index (Phi) is 3.03. The second-order valence-corrected chi connectivity index (χ2v) is 5.39. The molecule has 0 saturated heterocycles. The number of nitrogens with zero attached hydrogens (tertiary/aromatic N) is 1. The molecule has 1 heterocycles. The molecular formula is C15H13BrN2O. The van der Waals surface area contributed by atoms with Gasteiger partial charge < -0.3 is 10.5 Å². The maximum atomic E-state index is 5.73. The van der Waals surface area contributed by atoms with Gasteiger partial charge in [-0.05, 0) is 23.3 Å². The molecule has 0 aromatic heterocycles. The summed E-state index contributed by atoms with van der Waals surface area (Å²) in [6.45, 7) is 0.435. The Morgan fingerprint density at radius 2 is 1.63 bits per heavy atom. The van der Waals surface area contributed by atoms with Crippen molar-refractivity contribution >= 4 is 22.0 Å². The normalized spacial score (nSPS) is 21.8. The molecule has 0 fully saturated rings. The molecule has 0 amide bonds. The number of ether oxygens (including phenoxy) is 1. The van der Waals surface area contributed by atoms with Crippen LogP contribution < -0.4 is 5.73 Å². The quantitative estimate of drug-likeness (QED) is 0.925. The summed E-state index contributed by atoms with van der Waals surface area (Å²) in [6.07, 6.45) is 0. The van der Waals surface area contributed by atoms with E-state index in [1.165, 1.54) is 0 Å². The minimum absolute atomic E-state index is 0.242. The first-order chi connectivity index (χ1) is 9.21. The molecule has 0 bridgehead atoms. The Hall–Kier alpha value is -1.81. The largest absolute Gasteiger partial charge is 0.462 e. The van der Waals surface area contributed by atoms with Crippen molar-refractivity contribution in [2.75, 3.05) is 6.61 Å².